The maximum atomic E-state index is 14.3. The highest BCUT2D eigenvalue weighted by Gasteiger charge is 2.20. The van der Waals surface area contributed by atoms with E-state index in [4.69, 9.17) is 11.6 Å². The average Bonchev–Trinajstić information content (AvgIpc) is 2.72. The molecule has 8 heteroatoms. The van der Waals surface area contributed by atoms with Gasteiger partial charge in [0, 0.05) is 17.3 Å². The number of anilines is 1. The molecule has 162 valence electrons. The van der Waals surface area contributed by atoms with Crippen LogP contribution in [0.25, 0.3) is 0 Å². The Morgan fingerprint density at radius 2 is 1.71 bits per heavy atom. The molecule has 5 nitrogen and oxygen atoms in total. The quantitative estimate of drug-likeness (QED) is 0.528. The van der Waals surface area contributed by atoms with E-state index in [9.17, 15) is 17.6 Å². The zero-order valence-electron chi connectivity index (χ0n) is 17.1. The summed E-state index contributed by atoms with van der Waals surface area (Å²) in [5.74, 6) is -1.52. The predicted octanol–water partition coefficient (Wildman–Crippen LogP) is 4.87. The lowest BCUT2D eigenvalue weighted by Crippen LogP contribution is -2.26. The molecular formula is C23H22ClFN2O3S. The lowest BCUT2D eigenvalue weighted by Gasteiger charge is -2.12. The van der Waals surface area contributed by atoms with Crippen molar-refractivity contribution in [1.29, 1.82) is 0 Å². The molecule has 0 saturated carbocycles. The van der Waals surface area contributed by atoms with Crippen LogP contribution in [0.15, 0.2) is 65.6 Å². The van der Waals surface area contributed by atoms with E-state index in [1.165, 1.54) is 0 Å². The first-order chi connectivity index (χ1) is 14.7. The van der Waals surface area contributed by atoms with Crippen LogP contribution in [0, 0.1) is 19.7 Å². The number of nitrogens with one attached hydrogen (secondary N) is 2. The second kappa shape index (κ2) is 9.60. The molecule has 0 unspecified atom stereocenters. The highest BCUT2D eigenvalue weighted by molar-refractivity contribution is 7.89. The molecule has 0 aliphatic heterocycles. The third kappa shape index (κ3) is 5.91. The maximum Gasteiger partial charge on any atom is 0.258 e. The van der Waals surface area contributed by atoms with Gasteiger partial charge in [-0.2, -0.15) is 0 Å². The summed E-state index contributed by atoms with van der Waals surface area (Å²) in [5, 5.41) is 3.25. The fourth-order valence-electron chi connectivity index (χ4n) is 2.97. The van der Waals surface area contributed by atoms with E-state index in [1.807, 2.05) is 38.1 Å². The van der Waals surface area contributed by atoms with Crippen LogP contribution >= 0.6 is 11.6 Å². The molecule has 3 aromatic carbocycles. The van der Waals surface area contributed by atoms with Crippen LogP contribution in [0.4, 0.5) is 10.1 Å². The molecule has 0 fully saturated rings. The Kier molecular flexibility index (Phi) is 7.10. The van der Waals surface area contributed by atoms with Crippen LogP contribution in [0.2, 0.25) is 5.02 Å². The highest BCUT2D eigenvalue weighted by Crippen LogP contribution is 2.20. The minimum absolute atomic E-state index is 0.144. The van der Waals surface area contributed by atoms with Crippen molar-refractivity contribution in [3.8, 4) is 0 Å². The summed E-state index contributed by atoms with van der Waals surface area (Å²) in [6.07, 6.45) is 0.456. The van der Waals surface area contributed by atoms with E-state index in [0.29, 0.717) is 17.1 Å². The fraction of sp³-hybridized carbons (Fsp3) is 0.174. The number of benzene rings is 3. The normalized spacial score (nSPS) is 11.4. The van der Waals surface area contributed by atoms with E-state index in [2.05, 4.69) is 10.0 Å². The Morgan fingerprint density at radius 1 is 1.00 bits per heavy atom. The average molecular weight is 461 g/mol. The summed E-state index contributed by atoms with van der Waals surface area (Å²) in [7, 11) is -3.92. The number of hydrogen-bond donors (Lipinski definition) is 2. The Bertz CT molecular complexity index is 1210. The van der Waals surface area contributed by atoms with Gasteiger partial charge in [-0.3, -0.25) is 4.79 Å². The molecule has 0 spiro atoms. The van der Waals surface area contributed by atoms with Gasteiger partial charge in [0.2, 0.25) is 10.0 Å². The largest absolute Gasteiger partial charge is 0.322 e. The van der Waals surface area contributed by atoms with Gasteiger partial charge in [0.1, 0.15) is 5.82 Å². The lowest BCUT2D eigenvalue weighted by atomic mass is 10.1. The van der Waals surface area contributed by atoms with Gasteiger partial charge in [-0.15, -0.1) is 0 Å². The van der Waals surface area contributed by atoms with Crippen molar-refractivity contribution in [1.82, 2.24) is 4.72 Å². The van der Waals surface area contributed by atoms with Gasteiger partial charge in [-0.1, -0.05) is 35.9 Å². The zero-order chi connectivity index (χ0) is 22.6. The van der Waals surface area contributed by atoms with Crippen LogP contribution in [0.5, 0.6) is 0 Å². The third-order valence-electron chi connectivity index (χ3n) is 4.75. The van der Waals surface area contributed by atoms with Crippen molar-refractivity contribution in [2.45, 2.75) is 25.2 Å². The summed E-state index contributed by atoms with van der Waals surface area (Å²) in [6, 6.07) is 15.7. The Labute approximate surface area is 186 Å². The molecule has 1 amide bonds. The van der Waals surface area contributed by atoms with E-state index in [1.54, 1.807) is 18.2 Å². The highest BCUT2D eigenvalue weighted by atomic mass is 35.5. The van der Waals surface area contributed by atoms with Gasteiger partial charge in [0.15, 0.2) is 0 Å². The van der Waals surface area contributed by atoms with Crippen molar-refractivity contribution < 1.29 is 17.6 Å². The number of halogens is 2. The molecule has 0 bridgehead atoms. The van der Waals surface area contributed by atoms with E-state index in [0.717, 1.165) is 34.9 Å². The smallest absolute Gasteiger partial charge is 0.258 e. The number of rotatable bonds is 7. The van der Waals surface area contributed by atoms with Crippen LogP contribution < -0.4 is 10.0 Å². The van der Waals surface area contributed by atoms with Gasteiger partial charge < -0.3 is 5.32 Å². The molecule has 3 rings (SSSR count). The molecule has 0 atom stereocenters. The molecule has 0 radical (unpaired) electrons. The van der Waals surface area contributed by atoms with Crippen molar-refractivity contribution in [2.24, 2.45) is 0 Å². The first kappa shape index (κ1) is 22.9. The standard InChI is InChI=1S/C23H22ClFN2O3S/c1-15-3-4-16(2)22(13-15)27-23(28)20-14-19(9-10-21(20)25)31(29,30)26-12-11-17-5-7-18(24)8-6-17/h3-10,13-14,26H,11-12H2,1-2H3,(H,27,28). The topological polar surface area (TPSA) is 75.3 Å². The Morgan fingerprint density at radius 3 is 2.42 bits per heavy atom. The van der Waals surface area contributed by atoms with Crippen molar-refractivity contribution in [3.05, 3.63) is 93.8 Å². The second-order valence-electron chi connectivity index (χ2n) is 7.19. The van der Waals surface area contributed by atoms with Gasteiger partial charge in [-0.05, 0) is 73.4 Å². The Hall–Kier alpha value is -2.74. The van der Waals surface area contributed by atoms with Crippen LogP contribution in [-0.2, 0) is 16.4 Å². The first-order valence-corrected chi connectivity index (χ1v) is 11.4. The molecule has 0 aliphatic rings. The van der Waals surface area contributed by atoms with Crippen molar-refractivity contribution in [2.75, 3.05) is 11.9 Å². The second-order valence-corrected chi connectivity index (χ2v) is 9.39. The van der Waals surface area contributed by atoms with Crippen LogP contribution in [-0.4, -0.2) is 20.9 Å². The van der Waals surface area contributed by atoms with E-state index < -0.39 is 21.7 Å². The molecular weight excluding hydrogens is 439 g/mol. The first-order valence-electron chi connectivity index (χ1n) is 9.58. The van der Waals surface area contributed by atoms with Gasteiger partial charge in [0.05, 0.1) is 10.5 Å². The van der Waals surface area contributed by atoms with Crippen molar-refractivity contribution in [3.63, 3.8) is 0 Å². The van der Waals surface area contributed by atoms with Gasteiger partial charge in [-0.25, -0.2) is 17.5 Å². The number of aryl methyl sites for hydroxylation is 2. The zero-order valence-corrected chi connectivity index (χ0v) is 18.6. The van der Waals surface area contributed by atoms with E-state index in [-0.39, 0.29) is 17.0 Å². The number of amides is 1. The number of hydrogen-bond acceptors (Lipinski definition) is 3. The summed E-state index contributed by atoms with van der Waals surface area (Å²) in [5.41, 5.74) is 2.86. The van der Waals surface area contributed by atoms with Crippen molar-refractivity contribution >= 4 is 33.2 Å². The number of carbonyl (C=O) groups excluding carboxylic acids is 1. The molecule has 0 saturated heterocycles. The summed E-state index contributed by atoms with van der Waals surface area (Å²) in [4.78, 5) is 12.4. The summed E-state index contributed by atoms with van der Waals surface area (Å²) in [6.45, 7) is 3.83. The Balaban J connectivity index is 1.74. The lowest BCUT2D eigenvalue weighted by molar-refractivity contribution is 0.102. The monoisotopic (exact) mass is 460 g/mol. The van der Waals surface area contributed by atoms with Gasteiger partial charge in [0.25, 0.3) is 5.91 Å². The molecule has 3 aromatic rings. The molecule has 0 aromatic heterocycles. The number of carbonyl (C=O) groups is 1. The van der Waals surface area contributed by atoms with E-state index >= 15 is 0 Å². The minimum atomic E-state index is -3.92. The minimum Gasteiger partial charge on any atom is -0.322 e. The summed E-state index contributed by atoms with van der Waals surface area (Å²) >= 11 is 5.84. The van der Waals surface area contributed by atoms with Crippen LogP contribution in [0.1, 0.15) is 27.0 Å². The SMILES string of the molecule is Cc1ccc(C)c(NC(=O)c2cc(S(=O)(=O)NCCc3ccc(Cl)cc3)ccc2F)c1. The molecule has 0 aliphatic carbocycles. The number of sulfonamides is 1. The predicted molar refractivity (Wildman–Crippen MR) is 121 cm³/mol. The maximum absolute atomic E-state index is 14.3. The molecule has 2 N–H and O–H groups in total. The fourth-order valence-corrected chi connectivity index (χ4v) is 4.15. The van der Waals surface area contributed by atoms with Gasteiger partial charge >= 0.3 is 0 Å². The molecule has 31 heavy (non-hydrogen) atoms. The van der Waals surface area contributed by atoms with Crippen LogP contribution in [0.3, 0.4) is 0 Å². The molecule has 0 heterocycles. The summed E-state index contributed by atoms with van der Waals surface area (Å²) < 4.78 is 42.1. The third-order valence-corrected chi connectivity index (χ3v) is 6.46.